The van der Waals surface area contributed by atoms with Crippen molar-refractivity contribution in [3.63, 3.8) is 0 Å². The van der Waals surface area contributed by atoms with Crippen LogP contribution in [-0.2, 0) is 0 Å². The molecule has 112 valence electrons. The van der Waals surface area contributed by atoms with Gasteiger partial charge in [-0.05, 0) is 26.8 Å². The number of nitrogens with zero attached hydrogens (tertiary/aromatic N) is 2. The first-order valence-corrected chi connectivity index (χ1v) is 7.19. The van der Waals surface area contributed by atoms with Crippen molar-refractivity contribution in [1.29, 1.82) is 0 Å². The molecule has 0 aliphatic rings. The molecule has 2 heterocycles. The summed E-state index contributed by atoms with van der Waals surface area (Å²) in [6.45, 7) is 5.66. The van der Waals surface area contributed by atoms with Crippen molar-refractivity contribution in [2.45, 2.75) is 26.8 Å². The van der Waals surface area contributed by atoms with Crippen LogP contribution in [0.1, 0.15) is 29.9 Å². The predicted molar refractivity (Wildman–Crippen MR) is 84.6 cm³/mol. The number of fused-ring (bicyclic) bond motifs is 1. The Morgan fingerprint density at radius 3 is 2.64 bits per heavy atom. The molecule has 0 aliphatic carbocycles. The fourth-order valence-electron chi connectivity index (χ4n) is 2.37. The molecule has 5 heteroatoms. The smallest absolute Gasteiger partial charge is 0.259 e. The third-order valence-corrected chi connectivity index (χ3v) is 3.35. The van der Waals surface area contributed by atoms with Gasteiger partial charge in [-0.1, -0.05) is 35.5 Å². The van der Waals surface area contributed by atoms with Crippen LogP contribution in [0.4, 0.5) is 0 Å². The van der Waals surface area contributed by atoms with E-state index in [4.69, 9.17) is 4.52 Å². The van der Waals surface area contributed by atoms with Crippen LogP contribution in [0.5, 0.6) is 0 Å². The fourth-order valence-corrected chi connectivity index (χ4v) is 2.37. The highest BCUT2D eigenvalue weighted by Gasteiger charge is 2.19. The van der Waals surface area contributed by atoms with Gasteiger partial charge in [-0.3, -0.25) is 4.79 Å². The first-order valence-electron chi connectivity index (χ1n) is 7.19. The largest absolute Gasteiger partial charge is 0.350 e. The summed E-state index contributed by atoms with van der Waals surface area (Å²) >= 11 is 0. The molecule has 0 radical (unpaired) electrons. The van der Waals surface area contributed by atoms with Crippen LogP contribution < -0.4 is 5.32 Å². The van der Waals surface area contributed by atoms with Crippen LogP contribution in [-0.4, -0.2) is 22.1 Å². The molecule has 0 saturated carbocycles. The normalized spacial score (nSPS) is 11.1. The van der Waals surface area contributed by atoms with E-state index in [1.54, 1.807) is 6.07 Å². The molecule has 5 nitrogen and oxygen atoms in total. The number of hydrogen-bond acceptors (Lipinski definition) is 4. The maximum atomic E-state index is 12.5. The monoisotopic (exact) mass is 295 g/mol. The summed E-state index contributed by atoms with van der Waals surface area (Å²) in [7, 11) is 0. The molecule has 0 fully saturated rings. The van der Waals surface area contributed by atoms with Crippen molar-refractivity contribution < 1.29 is 9.32 Å². The number of rotatable bonds is 3. The molecular weight excluding hydrogens is 278 g/mol. The summed E-state index contributed by atoms with van der Waals surface area (Å²) in [6.07, 6.45) is 0. The number of amides is 1. The van der Waals surface area contributed by atoms with Gasteiger partial charge in [0.15, 0.2) is 0 Å². The molecule has 0 spiro atoms. The molecular formula is C17H17N3O2. The fraction of sp³-hybridized carbons (Fsp3) is 0.235. The van der Waals surface area contributed by atoms with Gasteiger partial charge in [0.25, 0.3) is 11.6 Å². The highest BCUT2D eigenvalue weighted by molar-refractivity contribution is 6.07. The number of pyridine rings is 1. The van der Waals surface area contributed by atoms with Crippen molar-refractivity contribution in [2.24, 2.45) is 0 Å². The van der Waals surface area contributed by atoms with Crippen molar-refractivity contribution >= 4 is 17.0 Å². The molecule has 2 aromatic heterocycles. The molecule has 3 aromatic rings. The van der Waals surface area contributed by atoms with E-state index in [9.17, 15) is 4.79 Å². The van der Waals surface area contributed by atoms with Gasteiger partial charge >= 0.3 is 0 Å². The summed E-state index contributed by atoms with van der Waals surface area (Å²) in [5.74, 6) is -0.147. The lowest BCUT2D eigenvalue weighted by Gasteiger charge is -2.10. The summed E-state index contributed by atoms with van der Waals surface area (Å²) in [4.78, 5) is 17.0. The van der Waals surface area contributed by atoms with Gasteiger partial charge < -0.3 is 9.84 Å². The van der Waals surface area contributed by atoms with Crippen LogP contribution in [0.25, 0.3) is 22.4 Å². The minimum absolute atomic E-state index is 0.0519. The van der Waals surface area contributed by atoms with Crippen molar-refractivity contribution in [3.8, 4) is 11.3 Å². The van der Waals surface area contributed by atoms with Crippen LogP contribution in [0.2, 0.25) is 0 Å². The van der Waals surface area contributed by atoms with Gasteiger partial charge in [-0.25, -0.2) is 4.98 Å². The number of nitrogens with one attached hydrogen (secondary N) is 1. The van der Waals surface area contributed by atoms with Crippen LogP contribution in [0.15, 0.2) is 40.9 Å². The van der Waals surface area contributed by atoms with Gasteiger partial charge in [0.05, 0.1) is 22.3 Å². The highest BCUT2D eigenvalue weighted by Crippen LogP contribution is 2.26. The lowest BCUT2D eigenvalue weighted by molar-refractivity contribution is 0.0944. The Kier molecular flexibility index (Phi) is 3.63. The Morgan fingerprint density at radius 2 is 1.95 bits per heavy atom. The maximum absolute atomic E-state index is 12.5. The van der Waals surface area contributed by atoms with Gasteiger partial charge in [-0.2, -0.15) is 0 Å². The zero-order valence-corrected chi connectivity index (χ0v) is 12.8. The molecule has 1 aromatic carbocycles. The van der Waals surface area contributed by atoms with E-state index < -0.39 is 0 Å². The van der Waals surface area contributed by atoms with E-state index in [2.05, 4.69) is 15.5 Å². The Bertz CT molecular complexity index is 823. The SMILES string of the molecule is Cc1noc2nc(-c3ccccc3)cc(C(=O)NC(C)C)c12. The number of carbonyl (C=O) groups excluding carboxylic acids is 1. The van der Waals surface area contributed by atoms with E-state index in [1.807, 2.05) is 51.1 Å². The molecule has 0 unspecified atom stereocenters. The molecule has 1 amide bonds. The Hall–Kier alpha value is -2.69. The number of aryl methyl sites for hydroxylation is 1. The lowest BCUT2D eigenvalue weighted by atomic mass is 10.0. The number of benzene rings is 1. The lowest BCUT2D eigenvalue weighted by Crippen LogP contribution is -2.30. The standard InChI is InChI=1S/C17H17N3O2/c1-10(2)18-16(21)13-9-14(12-7-5-4-6-8-12)19-17-15(13)11(3)20-22-17/h4-10H,1-3H3,(H,18,21). The topological polar surface area (TPSA) is 68.0 Å². The average molecular weight is 295 g/mol. The van der Waals surface area contributed by atoms with E-state index >= 15 is 0 Å². The van der Waals surface area contributed by atoms with Crippen LogP contribution >= 0.6 is 0 Å². The maximum Gasteiger partial charge on any atom is 0.259 e. The van der Waals surface area contributed by atoms with E-state index in [1.165, 1.54) is 0 Å². The predicted octanol–water partition coefficient (Wildman–Crippen LogP) is 3.34. The van der Waals surface area contributed by atoms with Crippen molar-refractivity contribution in [2.75, 3.05) is 0 Å². The zero-order chi connectivity index (χ0) is 15.7. The molecule has 0 bridgehead atoms. The van der Waals surface area contributed by atoms with Crippen molar-refractivity contribution in [1.82, 2.24) is 15.5 Å². The molecule has 0 atom stereocenters. The number of carbonyl (C=O) groups is 1. The second kappa shape index (κ2) is 5.60. The first kappa shape index (κ1) is 14.3. The second-order valence-electron chi connectivity index (χ2n) is 5.50. The van der Waals surface area contributed by atoms with E-state index in [0.29, 0.717) is 28.1 Å². The summed E-state index contributed by atoms with van der Waals surface area (Å²) < 4.78 is 5.27. The van der Waals surface area contributed by atoms with Crippen LogP contribution in [0, 0.1) is 6.92 Å². The Morgan fingerprint density at radius 1 is 1.23 bits per heavy atom. The minimum Gasteiger partial charge on any atom is -0.350 e. The van der Waals surface area contributed by atoms with E-state index in [0.717, 1.165) is 5.56 Å². The third kappa shape index (κ3) is 2.57. The van der Waals surface area contributed by atoms with Gasteiger partial charge in [-0.15, -0.1) is 0 Å². The second-order valence-corrected chi connectivity index (χ2v) is 5.50. The summed E-state index contributed by atoms with van der Waals surface area (Å²) in [5.41, 5.74) is 3.20. The zero-order valence-electron chi connectivity index (χ0n) is 12.8. The minimum atomic E-state index is -0.147. The van der Waals surface area contributed by atoms with E-state index in [-0.39, 0.29) is 11.9 Å². The highest BCUT2D eigenvalue weighted by atomic mass is 16.5. The Balaban J connectivity index is 2.20. The van der Waals surface area contributed by atoms with Crippen LogP contribution in [0.3, 0.4) is 0 Å². The molecule has 22 heavy (non-hydrogen) atoms. The molecule has 0 saturated heterocycles. The molecule has 1 N–H and O–H groups in total. The Labute approximate surface area is 128 Å². The van der Waals surface area contributed by atoms with Gasteiger partial charge in [0.2, 0.25) is 0 Å². The summed E-state index contributed by atoms with van der Waals surface area (Å²) in [6, 6.07) is 11.5. The number of hydrogen-bond donors (Lipinski definition) is 1. The average Bonchev–Trinajstić information content (AvgIpc) is 2.88. The quantitative estimate of drug-likeness (QED) is 0.804. The van der Waals surface area contributed by atoms with Gasteiger partial charge in [0.1, 0.15) is 0 Å². The van der Waals surface area contributed by atoms with Crippen molar-refractivity contribution in [3.05, 3.63) is 47.7 Å². The van der Waals surface area contributed by atoms with Gasteiger partial charge in [0, 0.05) is 11.6 Å². The molecule has 0 aliphatic heterocycles. The molecule has 3 rings (SSSR count). The number of aromatic nitrogens is 2. The third-order valence-electron chi connectivity index (χ3n) is 3.35. The summed E-state index contributed by atoms with van der Waals surface area (Å²) in [5, 5.41) is 7.51. The first-order chi connectivity index (χ1) is 10.6.